The van der Waals surface area contributed by atoms with Crippen molar-refractivity contribution in [3.8, 4) is 11.4 Å². The molecule has 3 rings (SSSR count). The molecule has 0 aliphatic rings. The molecule has 0 saturated heterocycles. The molecule has 5 nitrogen and oxygen atoms in total. The van der Waals surface area contributed by atoms with Crippen molar-refractivity contribution in [2.24, 2.45) is 0 Å². The summed E-state index contributed by atoms with van der Waals surface area (Å²) in [4.78, 5) is 18.6. The van der Waals surface area contributed by atoms with E-state index >= 15 is 0 Å². The molecule has 3 aromatic rings. The first-order chi connectivity index (χ1) is 13.6. The average Bonchev–Trinajstić information content (AvgIpc) is 3.16. The number of halogens is 1. The predicted molar refractivity (Wildman–Crippen MR) is 111 cm³/mol. The molecule has 0 aliphatic carbocycles. The SMILES string of the molecule is C=CCN(Cc1nc(-c2ccc(C)cc2)no1)C(=O)/C=C/c1ccccc1Cl. The first-order valence-electron chi connectivity index (χ1n) is 8.79. The van der Waals surface area contributed by atoms with Gasteiger partial charge in [0.25, 0.3) is 0 Å². The van der Waals surface area contributed by atoms with Gasteiger partial charge in [0, 0.05) is 23.2 Å². The topological polar surface area (TPSA) is 59.2 Å². The Morgan fingerprint density at radius 3 is 2.68 bits per heavy atom. The zero-order valence-corrected chi connectivity index (χ0v) is 16.3. The molecular formula is C22H20ClN3O2. The lowest BCUT2D eigenvalue weighted by Crippen LogP contribution is -2.29. The van der Waals surface area contributed by atoms with Crippen LogP contribution in [0.5, 0.6) is 0 Å². The first-order valence-corrected chi connectivity index (χ1v) is 9.16. The minimum absolute atomic E-state index is 0.191. The highest BCUT2D eigenvalue weighted by Crippen LogP contribution is 2.18. The molecular weight excluding hydrogens is 374 g/mol. The molecule has 0 fully saturated rings. The fourth-order valence-corrected chi connectivity index (χ4v) is 2.77. The number of aryl methyl sites for hydroxylation is 1. The van der Waals surface area contributed by atoms with Gasteiger partial charge in [0.15, 0.2) is 0 Å². The second-order valence-corrected chi connectivity index (χ2v) is 6.65. The van der Waals surface area contributed by atoms with Crippen LogP contribution in [0.25, 0.3) is 17.5 Å². The van der Waals surface area contributed by atoms with Gasteiger partial charge in [-0.05, 0) is 24.6 Å². The quantitative estimate of drug-likeness (QED) is 0.422. The van der Waals surface area contributed by atoms with Gasteiger partial charge in [-0.3, -0.25) is 4.79 Å². The van der Waals surface area contributed by atoms with Crippen molar-refractivity contribution in [3.05, 3.63) is 89.3 Å². The van der Waals surface area contributed by atoms with Crippen molar-refractivity contribution in [1.82, 2.24) is 15.0 Å². The molecule has 2 aromatic carbocycles. The van der Waals surface area contributed by atoms with Crippen LogP contribution in [0.15, 0.2) is 71.8 Å². The second kappa shape index (κ2) is 9.15. The normalized spacial score (nSPS) is 10.9. The Hall–Kier alpha value is -3.18. The fourth-order valence-electron chi connectivity index (χ4n) is 2.57. The van der Waals surface area contributed by atoms with Gasteiger partial charge in [-0.25, -0.2) is 0 Å². The van der Waals surface area contributed by atoms with E-state index in [-0.39, 0.29) is 12.5 Å². The van der Waals surface area contributed by atoms with Gasteiger partial charge >= 0.3 is 0 Å². The first kappa shape index (κ1) is 19.6. The Bertz CT molecular complexity index is 993. The van der Waals surface area contributed by atoms with E-state index in [2.05, 4.69) is 16.7 Å². The van der Waals surface area contributed by atoms with Crippen molar-refractivity contribution in [1.29, 1.82) is 0 Å². The largest absolute Gasteiger partial charge is 0.337 e. The molecule has 0 spiro atoms. The van der Waals surface area contributed by atoms with Crippen molar-refractivity contribution in [3.63, 3.8) is 0 Å². The van der Waals surface area contributed by atoms with E-state index in [1.165, 1.54) is 6.08 Å². The molecule has 0 unspecified atom stereocenters. The molecule has 1 amide bonds. The maximum Gasteiger partial charge on any atom is 0.247 e. The lowest BCUT2D eigenvalue weighted by atomic mass is 10.1. The molecule has 142 valence electrons. The fraction of sp³-hybridized carbons (Fsp3) is 0.136. The maximum absolute atomic E-state index is 12.6. The summed E-state index contributed by atoms with van der Waals surface area (Å²) < 4.78 is 5.32. The highest BCUT2D eigenvalue weighted by molar-refractivity contribution is 6.32. The number of carbonyl (C=O) groups excluding carboxylic acids is 1. The monoisotopic (exact) mass is 393 g/mol. The van der Waals surface area contributed by atoms with Crippen molar-refractivity contribution in [2.45, 2.75) is 13.5 Å². The van der Waals surface area contributed by atoms with E-state index in [4.69, 9.17) is 16.1 Å². The Morgan fingerprint density at radius 1 is 1.21 bits per heavy atom. The van der Waals surface area contributed by atoms with Crippen LogP contribution >= 0.6 is 11.6 Å². The van der Waals surface area contributed by atoms with Crippen LogP contribution in [0.3, 0.4) is 0 Å². The van der Waals surface area contributed by atoms with Gasteiger partial charge in [-0.15, -0.1) is 6.58 Å². The summed E-state index contributed by atoms with van der Waals surface area (Å²) in [5, 5.41) is 4.59. The molecule has 0 radical (unpaired) electrons. The minimum Gasteiger partial charge on any atom is -0.337 e. The highest BCUT2D eigenvalue weighted by Gasteiger charge is 2.15. The van der Waals surface area contributed by atoms with E-state index in [1.807, 2.05) is 49.4 Å². The van der Waals surface area contributed by atoms with Crippen LogP contribution in [0, 0.1) is 6.92 Å². The lowest BCUT2D eigenvalue weighted by molar-refractivity contribution is -0.126. The van der Waals surface area contributed by atoms with Crippen LogP contribution in [-0.2, 0) is 11.3 Å². The number of aromatic nitrogens is 2. The zero-order valence-electron chi connectivity index (χ0n) is 15.5. The number of rotatable bonds is 7. The van der Waals surface area contributed by atoms with Gasteiger partial charge in [0.1, 0.15) is 6.54 Å². The van der Waals surface area contributed by atoms with Gasteiger partial charge in [0.05, 0.1) is 0 Å². The molecule has 28 heavy (non-hydrogen) atoms. The molecule has 0 aliphatic heterocycles. The lowest BCUT2D eigenvalue weighted by Gasteiger charge is -2.16. The molecule has 0 N–H and O–H groups in total. The molecule has 1 heterocycles. The zero-order chi connectivity index (χ0) is 19.9. The van der Waals surface area contributed by atoms with Crippen LogP contribution in [0.4, 0.5) is 0 Å². The summed E-state index contributed by atoms with van der Waals surface area (Å²) in [5.41, 5.74) is 2.79. The maximum atomic E-state index is 12.6. The number of hydrogen-bond donors (Lipinski definition) is 0. The Kier molecular flexibility index (Phi) is 6.40. The third-order valence-corrected chi connectivity index (χ3v) is 4.42. The number of carbonyl (C=O) groups is 1. The average molecular weight is 394 g/mol. The summed E-state index contributed by atoms with van der Waals surface area (Å²) in [6.45, 7) is 6.27. The van der Waals surface area contributed by atoms with Gasteiger partial charge < -0.3 is 9.42 Å². The van der Waals surface area contributed by atoms with E-state index in [0.717, 1.165) is 16.7 Å². The molecule has 1 aromatic heterocycles. The Balaban J connectivity index is 1.72. The smallest absolute Gasteiger partial charge is 0.247 e. The number of nitrogens with zero attached hydrogens (tertiary/aromatic N) is 3. The number of amides is 1. The number of hydrogen-bond acceptors (Lipinski definition) is 4. The van der Waals surface area contributed by atoms with E-state index in [0.29, 0.717) is 23.3 Å². The Labute approximate surface area is 168 Å². The van der Waals surface area contributed by atoms with Gasteiger partial charge in [-0.1, -0.05) is 70.9 Å². The van der Waals surface area contributed by atoms with E-state index in [1.54, 1.807) is 23.1 Å². The van der Waals surface area contributed by atoms with Gasteiger partial charge in [-0.2, -0.15) is 4.98 Å². The van der Waals surface area contributed by atoms with Crippen molar-refractivity contribution >= 4 is 23.6 Å². The molecule has 6 heteroatoms. The highest BCUT2D eigenvalue weighted by atomic mass is 35.5. The van der Waals surface area contributed by atoms with Crippen molar-refractivity contribution in [2.75, 3.05) is 6.54 Å². The van der Waals surface area contributed by atoms with Crippen LogP contribution in [0.1, 0.15) is 17.0 Å². The van der Waals surface area contributed by atoms with Gasteiger partial charge in [0.2, 0.25) is 17.6 Å². The summed E-state index contributed by atoms with van der Waals surface area (Å²) in [5.74, 6) is 0.652. The molecule has 0 atom stereocenters. The van der Waals surface area contributed by atoms with Crippen LogP contribution in [0.2, 0.25) is 5.02 Å². The summed E-state index contributed by atoms with van der Waals surface area (Å²) in [7, 11) is 0. The minimum atomic E-state index is -0.199. The van der Waals surface area contributed by atoms with Crippen LogP contribution < -0.4 is 0 Å². The van der Waals surface area contributed by atoms with E-state index < -0.39 is 0 Å². The summed E-state index contributed by atoms with van der Waals surface area (Å²) in [6.07, 6.45) is 4.81. The Morgan fingerprint density at radius 2 is 1.96 bits per heavy atom. The van der Waals surface area contributed by atoms with Crippen LogP contribution in [-0.4, -0.2) is 27.5 Å². The summed E-state index contributed by atoms with van der Waals surface area (Å²) >= 11 is 6.12. The standard InChI is InChI=1S/C22H20ClN3O2/c1-3-14-26(21(27)13-12-17-6-4-5-7-19(17)23)15-20-24-22(25-28-20)18-10-8-16(2)9-11-18/h3-13H,1,14-15H2,2H3/b13-12+. The predicted octanol–water partition coefficient (Wildman–Crippen LogP) is 4.93. The third-order valence-electron chi connectivity index (χ3n) is 4.08. The number of benzene rings is 2. The second-order valence-electron chi connectivity index (χ2n) is 6.24. The molecule has 0 saturated carbocycles. The van der Waals surface area contributed by atoms with Crippen molar-refractivity contribution < 1.29 is 9.32 Å². The summed E-state index contributed by atoms with van der Waals surface area (Å²) in [6, 6.07) is 15.2. The third kappa shape index (κ3) is 4.96. The molecule has 0 bridgehead atoms. The van der Waals surface area contributed by atoms with E-state index in [9.17, 15) is 4.79 Å².